The molecule has 8 heavy (non-hydrogen) atoms. The third kappa shape index (κ3) is 1.35. The van der Waals surface area contributed by atoms with Gasteiger partial charge in [0.1, 0.15) is 5.44 Å². The Morgan fingerprint density at radius 2 is 2.50 bits per heavy atom. The number of aliphatic hydroxyl groups is 2. The Balaban J connectivity index is 2.22. The first-order valence-corrected chi connectivity index (χ1v) is 3.44. The highest BCUT2D eigenvalue weighted by atomic mass is 32.2. The monoisotopic (exact) mass is 136 g/mol. The predicted molar refractivity (Wildman–Crippen MR) is 30.4 cm³/mol. The molecule has 0 radical (unpaired) electrons. The van der Waals surface area contributed by atoms with Crippen molar-refractivity contribution >= 4 is 11.8 Å². The van der Waals surface area contributed by atoms with E-state index in [1.54, 1.807) is 0 Å². The summed E-state index contributed by atoms with van der Waals surface area (Å²) in [5.41, 5.74) is -0.204. The molecule has 0 aromatic heterocycles. The quantitative estimate of drug-likeness (QED) is 0.504. The molecule has 0 aromatic rings. The largest absolute Gasteiger partial charge is 0.393 e. The van der Waals surface area contributed by atoms with Crippen molar-refractivity contribution in [2.45, 2.75) is 11.7 Å². The van der Waals surface area contributed by atoms with Gasteiger partial charge in [0.05, 0.1) is 6.61 Å². The molecule has 4 heteroatoms. The van der Waals surface area contributed by atoms with E-state index < -0.39 is 6.29 Å². The van der Waals surface area contributed by atoms with Crippen LogP contribution in [0.4, 0.5) is 0 Å². The van der Waals surface area contributed by atoms with E-state index in [1.807, 2.05) is 0 Å². The Bertz CT molecular complexity index is 77.7. The number of aliphatic hydroxyl groups excluding tert-OH is 2. The Kier molecular flexibility index (Phi) is 2.13. The lowest BCUT2D eigenvalue weighted by molar-refractivity contribution is -0.0899. The summed E-state index contributed by atoms with van der Waals surface area (Å²) in [5, 5.41) is 17.1. The first-order chi connectivity index (χ1) is 3.83. The van der Waals surface area contributed by atoms with Gasteiger partial charge < -0.3 is 14.9 Å². The normalized spacial score (nSPS) is 38.2. The van der Waals surface area contributed by atoms with Gasteiger partial charge in [-0.05, 0) is 0 Å². The molecule has 3 nitrogen and oxygen atoms in total. The van der Waals surface area contributed by atoms with Gasteiger partial charge >= 0.3 is 0 Å². The minimum absolute atomic E-state index is 0.0122. The van der Waals surface area contributed by atoms with Crippen LogP contribution >= 0.6 is 11.8 Å². The highest BCUT2D eigenvalue weighted by Crippen LogP contribution is 2.22. The summed E-state index contributed by atoms with van der Waals surface area (Å²) in [6.07, 6.45) is -0.669. The van der Waals surface area contributed by atoms with Crippen LogP contribution in [0.15, 0.2) is 0 Å². The first-order valence-electron chi connectivity index (χ1n) is 2.39. The second-order valence-electron chi connectivity index (χ2n) is 1.54. The molecule has 2 atom stereocenters. The fourth-order valence-electron chi connectivity index (χ4n) is 0.539. The summed E-state index contributed by atoms with van der Waals surface area (Å²) >= 11 is 1.43. The average molecular weight is 136 g/mol. The molecule has 0 aliphatic carbocycles. The van der Waals surface area contributed by atoms with E-state index in [1.165, 1.54) is 11.8 Å². The summed E-state index contributed by atoms with van der Waals surface area (Å²) in [7, 11) is 0. The van der Waals surface area contributed by atoms with Crippen molar-refractivity contribution in [3.05, 3.63) is 0 Å². The van der Waals surface area contributed by atoms with Crippen LogP contribution in [0.3, 0.4) is 0 Å². The van der Waals surface area contributed by atoms with Crippen LogP contribution in [0.1, 0.15) is 0 Å². The molecule has 0 spiro atoms. The van der Waals surface area contributed by atoms with Crippen LogP contribution in [-0.4, -0.2) is 34.3 Å². The maximum absolute atomic E-state index is 8.68. The zero-order chi connectivity index (χ0) is 5.98. The molecule has 48 valence electrons. The maximum Gasteiger partial charge on any atom is 0.165 e. The lowest BCUT2D eigenvalue weighted by atomic mass is 10.7. The first kappa shape index (κ1) is 6.35. The zero-order valence-corrected chi connectivity index (χ0v) is 5.10. The van der Waals surface area contributed by atoms with Gasteiger partial charge in [0, 0.05) is 5.75 Å². The Hall–Kier alpha value is 0.230. The van der Waals surface area contributed by atoms with Crippen LogP contribution < -0.4 is 0 Å². The molecule has 1 aliphatic heterocycles. The van der Waals surface area contributed by atoms with Gasteiger partial charge in [-0.1, -0.05) is 0 Å². The lowest BCUT2D eigenvalue weighted by Crippen LogP contribution is -2.12. The lowest BCUT2D eigenvalue weighted by Gasteiger charge is -2.02. The molecule has 1 unspecified atom stereocenters. The van der Waals surface area contributed by atoms with Gasteiger partial charge in [-0.15, -0.1) is 11.8 Å². The van der Waals surface area contributed by atoms with E-state index in [4.69, 9.17) is 14.9 Å². The molecule has 1 aliphatic rings. The van der Waals surface area contributed by atoms with Crippen molar-refractivity contribution in [3.8, 4) is 0 Å². The molecule has 1 saturated heterocycles. The van der Waals surface area contributed by atoms with E-state index >= 15 is 0 Å². The zero-order valence-electron chi connectivity index (χ0n) is 4.28. The van der Waals surface area contributed by atoms with Crippen LogP contribution in [-0.2, 0) is 4.74 Å². The summed E-state index contributed by atoms with van der Waals surface area (Å²) in [6.45, 7) is -0.0122. The van der Waals surface area contributed by atoms with Crippen LogP contribution in [0.2, 0.25) is 0 Å². The molecule has 0 amide bonds. The number of ether oxygens (including phenoxy) is 1. The standard InChI is InChI=1S/C4H8O3S/c5-1-4-7-3(6)2-8-4/h3-6H,1-2H2/t3?,4-/m1/s1. The molecule has 0 bridgehead atoms. The minimum atomic E-state index is -0.669. The van der Waals surface area contributed by atoms with Gasteiger partial charge in [-0.3, -0.25) is 0 Å². The van der Waals surface area contributed by atoms with Gasteiger partial charge in [0.2, 0.25) is 0 Å². The summed E-state index contributed by atoms with van der Waals surface area (Å²) < 4.78 is 4.78. The predicted octanol–water partition coefficient (Wildman–Crippen LogP) is -0.613. The Labute approximate surface area is 51.7 Å². The second-order valence-corrected chi connectivity index (χ2v) is 2.73. The Morgan fingerprint density at radius 1 is 1.75 bits per heavy atom. The smallest absolute Gasteiger partial charge is 0.165 e. The number of hydrogen-bond acceptors (Lipinski definition) is 4. The van der Waals surface area contributed by atoms with E-state index in [0.717, 1.165) is 0 Å². The van der Waals surface area contributed by atoms with Gasteiger partial charge in [-0.2, -0.15) is 0 Å². The average Bonchev–Trinajstić information content (AvgIpc) is 2.14. The molecule has 1 fully saturated rings. The van der Waals surface area contributed by atoms with Crippen molar-refractivity contribution in [1.82, 2.24) is 0 Å². The van der Waals surface area contributed by atoms with Crippen molar-refractivity contribution < 1.29 is 14.9 Å². The van der Waals surface area contributed by atoms with E-state index in [2.05, 4.69) is 0 Å². The number of thioether (sulfide) groups is 1. The van der Waals surface area contributed by atoms with Crippen molar-refractivity contribution in [2.24, 2.45) is 0 Å². The van der Waals surface area contributed by atoms with Crippen LogP contribution in [0.5, 0.6) is 0 Å². The van der Waals surface area contributed by atoms with Crippen molar-refractivity contribution in [1.29, 1.82) is 0 Å². The second kappa shape index (κ2) is 2.68. The molecule has 1 rings (SSSR count). The van der Waals surface area contributed by atoms with Gasteiger partial charge in [0.15, 0.2) is 6.29 Å². The van der Waals surface area contributed by atoms with Gasteiger partial charge in [0.25, 0.3) is 0 Å². The van der Waals surface area contributed by atoms with E-state index in [0.29, 0.717) is 5.75 Å². The van der Waals surface area contributed by atoms with Crippen LogP contribution in [0.25, 0.3) is 0 Å². The summed E-state index contributed by atoms with van der Waals surface area (Å²) in [4.78, 5) is 0. The van der Waals surface area contributed by atoms with Gasteiger partial charge in [-0.25, -0.2) is 0 Å². The minimum Gasteiger partial charge on any atom is -0.393 e. The highest BCUT2D eigenvalue weighted by Gasteiger charge is 2.22. The fourth-order valence-corrected chi connectivity index (χ4v) is 1.31. The molecule has 0 aromatic carbocycles. The number of rotatable bonds is 1. The fraction of sp³-hybridized carbons (Fsp3) is 1.00. The summed E-state index contributed by atoms with van der Waals surface area (Å²) in [6, 6.07) is 0. The van der Waals surface area contributed by atoms with Crippen molar-refractivity contribution in [2.75, 3.05) is 12.4 Å². The molecular weight excluding hydrogens is 128 g/mol. The molecule has 0 saturated carbocycles. The summed E-state index contributed by atoms with van der Waals surface area (Å²) in [5.74, 6) is 0.575. The maximum atomic E-state index is 8.68. The molecule has 1 heterocycles. The SMILES string of the molecule is OC[C@@H]1OC(O)CS1. The number of hydrogen-bond donors (Lipinski definition) is 2. The van der Waals surface area contributed by atoms with E-state index in [-0.39, 0.29) is 12.0 Å². The third-order valence-corrected chi connectivity index (χ3v) is 1.99. The topological polar surface area (TPSA) is 49.7 Å². The molecule has 2 N–H and O–H groups in total. The molecular formula is C4H8O3S. The van der Waals surface area contributed by atoms with E-state index in [9.17, 15) is 0 Å². The highest BCUT2D eigenvalue weighted by molar-refractivity contribution is 8.00. The van der Waals surface area contributed by atoms with Crippen molar-refractivity contribution in [3.63, 3.8) is 0 Å². The third-order valence-electron chi connectivity index (χ3n) is 0.883. The Morgan fingerprint density at radius 3 is 2.75 bits per heavy atom. The van der Waals surface area contributed by atoms with Crippen LogP contribution in [0, 0.1) is 0 Å².